The summed E-state index contributed by atoms with van der Waals surface area (Å²) in [6.07, 6.45) is 0. The van der Waals surface area contributed by atoms with Crippen LogP contribution in [0.25, 0.3) is 0 Å². The van der Waals surface area contributed by atoms with Crippen molar-refractivity contribution in [2.24, 2.45) is 5.92 Å². The summed E-state index contributed by atoms with van der Waals surface area (Å²) in [6.45, 7) is 12.8. The van der Waals surface area contributed by atoms with E-state index < -0.39 is 5.54 Å². The van der Waals surface area contributed by atoms with Gasteiger partial charge in [0.15, 0.2) is 0 Å². The van der Waals surface area contributed by atoms with E-state index in [1.807, 2.05) is 13.8 Å². The molecule has 0 aromatic rings. The molecule has 1 fully saturated rings. The first kappa shape index (κ1) is 16.7. The standard InChI is InChI=1S/C12H25N3O.ClH/c1-10(2)9-14-11(16)12(3,4)15-7-5-13-6-8-15;/h10,13H,5-9H2,1-4H3,(H,14,16);1H. The lowest BCUT2D eigenvalue weighted by molar-refractivity contribution is -0.132. The zero-order chi connectivity index (χ0) is 12.2. The third kappa shape index (κ3) is 4.82. The number of nitrogens with zero attached hydrogens (tertiary/aromatic N) is 1. The van der Waals surface area contributed by atoms with Gasteiger partial charge in [0.2, 0.25) is 5.91 Å². The van der Waals surface area contributed by atoms with Crippen molar-refractivity contribution in [1.82, 2.24) is 15.5 Å². The third-order valence-electron chi connectivity index (χ3n) is 3.13. The molecule has 0 radical (unpaired) electrons. The minimum absolute atomic E-state index is 0. The predicted octanol–water partition coefficient (Wildman–Crippen LogP) is 0.864. The fourth-order valence-electron chi connectivity index (χ4n) is 1.88. The van der Waals surface area contributed by atoms with Gasteiger partial charge >= 0.3 is 0 Å². The predicted molar refractivity (Wildman–Crippen MR) is 73.6 cm³/mol. The number of rotatable bonds is 4. The van der Waals surface area contributed by atoms with E-state index in [-0.39, 0.29) is 18.3 Å². The number of amides is 1. The Labute approximate surface area is 111 Å². The first-order valence-corrected chi connectivity index (χ1v) is 6.18. The minimum atomic E-state index is -0.392. The fraction of sp³-hybridized carbons (Fsp3) is 0.917. The largest absolute Gasteiger partial charge is 0.354 e. The topological polar surface area (TPSA) is 44.4 Å². The van der Waals surface area contributed by atoms with Crippen LogP contribution in [0.15, 0.2) is 0 Å². The van der Waals surface area contributed by atoms with Gasteiger partial charge in [-0.1, -0.05) is 13.8 Å². The second kappa shape index (κ2) is 7.19. The molecule has 0 unspecified atom stereocenters. The monoisotopic (exact) mass is 263 g/mol. The van der Waals surface area contributed by atoms with Crippen molar-refractivity contribution < 1.29 is 4.79 Å². The average Bonchev–Trinajstić information content (AvgIpc) is 2.27. The van der Waals surface area contributed by atoms with Gasteiger partial charge in [-0.05, 0) is 19.8 Å². The van der Waals surface area contributed by atoms with Crippen molar-refractivity contribution in [2.45, 2.75) is 33.2 Å². The van der Waals surface area contributed by atoms with E-state index in [4.69, 9.17) is 0 Å². The zero-order valence-corrected chi connectivity index (χ0v) is 12.2. The van der Waals surface area contributed by atoms with Crippen LogP contribution in [0.1, 0.15) is 27.7 Å². The van der Waals surface area contributed by atoms with Crippen LogP contribution in [0, 0.1) is 5.92 Å². The molecule has 0 bridgehead atoms. The van der Waals surface area contributed by atoms with Crippen molar-refractivity contribution in [3.63, 3.8) is 0 Å². The summed E-state index contributed by atoms with van der Waals surface area (Å²) < 4.78 is 0. The van der Waals surface area contributed by atoms with Crippen molar-refractivity contribution in [2.75, 3.05) is 32.7 Å². The highest BCUT2D eigenvalue weighted by atomic mass is 35.5. The van der Waals surface area contributed by atoms with Gasteiger partial charge < -0.3 is 10.6 Å². The molecule has 0 atom stereocenters. The molecular weight excluding hydrogens is 238 g/mol. The molecule has 1 amide bonds. The highest BCUT2D eigenvalue weighted by Gasteiger charge is 2.34. The molecule has 1 aliphatic heterocycles. The smallest absolute Gasteiger partial charge is 0.239 e. The second-order valence-corrected chi connectivity index (χ2v) is 5.40. The fourth-order valence-corrected chi connectivity index (χ4v) is 1.88. The normalized spacial score (nSPS) is 17.7. The van der Waals surface area contributed by atoms with Crippen LogP contribution in [-0.4, -0.2) is 49.1 Å². The number of carbonyl (C=O) groups is 1. The highest BCUT2D eigenvalue weighted by Crippen LogP contribution is 2.15. The van der Waals surface area contributed by atoms with Crippen LogP contribution in [0.3, 0.4) is 0 Å². The lowest BCUT2D eigenvalue weighted by atomic mass is 10.00. The molecule has 0 aromatic carbocycles. The van der Waals surface area contributed by atoms with E-state index in [1.54, 1.807) is 0 Å². The maximum Gasteiger partial charge on any atom is 0.239 e. The van der Waals surface area contributed by atoms with Gasteiger partial charge in [0.25, 0.3) is 0 Å². The summed E-state index contributed by atoms with van der Waals surface area (Å²) in [5.41, 5.74) is -0.392. The van der Waals surface area contributed by atoms with Gasteiger partial charge in [-0.3, -0.25) is 9.69 Å². The Morgan fingerprint density at radius 1 is 1.35 bits per heavy atom. The van der Waals surface area contributed by atoms with Gasteiger partial charge in [-0.15, -0.1) is 12.4 Å². The summed E-state index contributed by atoms with van der Waals surface area (Å²) in [7, 11) is 0. The van der Waals surface area contributed by atoms with Crippen LogP contribution >= 0.6 is 12.4 Å². The van der Waals surface area contributed by atoms with Crippen LogP contribution in [-0.2, 0) is 4.79 Å². The molecule has 17 heavy (non-hydrogen) atoms. The number of carbonyl (C=O) groups excluding carboxylic acids is 1. The molecule has 1 rings (SSSR count). The molecule has 0 aliphatic carbocycles. The number of hydrogen-bond donors (Lipinski definition) is 2. The molecule has 1 aliphatic rings. The SMILES string of the molecule is CC(C)CNC(=O)C(C)(C)N1CCNCC1.Cl. The summed E-state index contributed by atoms with van der Waals surface area (Å²) >= 11 is 0. The Morgan fingerprint density at radius 3 is 2.35 bits per heavy atom. The number of hydrogen-bond acceptors (Lipinski definition) is 3. The zero-order valence-electron chi connectivity index (χ0n) is 11.4. The van der Waals surface area contributed by atoms with E-state index in [0.717, 1.165) is 32.7 Å². The van der Waals surface area contributed by atoms with E-state index in [0.29, 0.717) is 5.92 Å². The molecule has 5 heteroatoms. The third-order valence-corrected chi connectivity index (χ3v) is 3.13. The van der Waals surface area contributed by atoms with Crippen molar-refractivity contribution >= 4 is 18.3 Å². The Kier molecular flexibility index (Phi) is 7.05. The summed E-state index contributed by atoms with van der Waals surface area (Å²) in [6, 6.07) is 0. The van der Waals surface area contributed by atoms with E-state index in [2.05, 4.69) is 29.4 Å². The van der Waals surface area contributed by atoms with E-state index in [9.17, 15) is 4.79 Å². The van der Waals surface area contributed by atoms with Crippen LogP contribution < -0.4 is 10.6 Å². The summed E-state index contributed by atoms with van der Waals surface area (Å²) in [5.74, 6) is 0.644. The molecule has 1 heterocycles. The molecular formula is C12H26ClN3O. The number of halogens is 1. The first-order chi connectivity index (χ1) is 7.44. The maximum absolute atomic E-state index is 12.1. The van der Waals surface area contributed by atoms with Gasteiger partial charge in [-0.2, -0.15) is 0 Å². The molecule has 0 aromatic heterocycles. The Bertz CT molecular complexity index is 238. The van der Waals surface area contributed by atoms with Crippen molar-refractivity contribution in [3.05, 3.63) is 0 Å². The summed E-state index contributed by atoms with van der Waals surface area (Å²) in [4.78, 5) is 14.3. The molecule has 0 saturated carbocycles. The number of piperazine rings is 1. The quantitative estimate of drug-likeness (QED) is 0.791. The Hall–Kier alpha value is -0.320. The Morgan fingerprint density at radius 2 is 1.88 bits per heavy atom. The minimum Gasteiger partial charge on any atom is -0.354 e. The van der Waals surface area contributed by atoms with Gasteiger partial charge in [-0.25, -0.2) is 0 Å². The molecule has 102 valence electrons. The molecule has 0 spiro atoms. The second-order valence-electron chi connectivity index (χ2n) is 5.40. The number of nitrogens with one attached hydrogen (secondary N) is 2. The average molecular weight is 264 g/mol. The first-order valence-electron chi connectivity index (χ1n) is 6.18. The van der Waals surface area contributed by atoms with E-state index in [1.165, 1.54) is 0 Å². The van der Waals surface area contributed by atoms with Gasteiger partial charge in [0.1, 0.15) is 0 Å². The Balaban J connectivity index is 0.00000256. The maximum atomic E-state index is 12.1. The molecule has 1 saturated heterocycles. The van der Waals surface area contributed by atoms with Crippen LogP contribution in [0.5, 0.6) is 0 Å². The van der Waals surface area contributed by atoms with Crippen molar-refractivity contribution in [3.8, 4) is 0 Å². The molecule has 4 nitrogen and oxygen atoms in total. The van der Waals surface area contributed by atoms with Crippen LogP contribution in [0.4, 0.5) is 0 Å². The highest BCUT2D eigenvalue weighted by molar-refractivity contribution is 5.85. The van der Waals surface area contributed by atoms with Gasteiger partial charge in [0, 0.05) is 32.7 Å². The van der Waals surface area contributed by atoms with Crippen molar-refractivity contribution in [1.29, 1.82) is 0 Å². The summed E-state index contributed by atoms with van der Waals surface area (Å²) in [5, 5.41) is 6.32. The van der Waals surface area contributed by atoms with Crippen LogP contribution in [0.2, 0.25) is 0 Å². The molecule has 2 N–H and O–H groups in total. The lowest BCUT2D eigenvalue weighted by Gasteiger charge is -2.39. The van der Waals surface area contributed by atoms with Gasteiger partial charge in [0.05, 0.1) is 5.54 Å². The lowest BCUT2D eigenvalue weighted by Crippen LogP contribution is -2.60. The van der Waals surface area contributed by atoms with E-state index >= 15 is 0 Å².